The Morgan fingerprint density at radius 3 is 2.65 bits per heavy atom. The number of carbonyl (C=O) groups excluding carboxylic acids is 2. The number of halogens is 2. The van der Waals surface area contributed by atoms with Crippen molar-refractivity contribution in [1.29, 1.82) is 0 Å². The summed E-state index contributed by atoms with van der Waals surface area (Å²) in [5, 5.41) is 7.40. The molecule has 0 spiro atoms. The van der Waals surface area contributed by atoms with Crippen molar-refractivity contribution in [3.8, 4) is 0 Å². The summed E-state index contributed by atoms with van der Waals surface area (Å²) in [6.07, 6.45) is 2.63. The minimum atomic E-state index is -0.859. The molecule has 1 heterocycles. The Hall–Kier alpha value is -3.26. The molecule has 7 nitrogen and oxygen atoms in total. The average Bonchev–Trinajstić information content (AvgIpc) is 2.76. The Balaban J connectivity index is 1.78. The lowest BCUT2D eigenvalue weighted by atomic mass is 10.1. The third-order valence-electron chi connectivity index (χ3n) is 4.57. The van der Waals surface area contributed by atoms with E-state index in [4.69, 9.17) is 16.3 Å². The van der Waals surface area contributed by atoms with Gasteiger partial charge >= 0.3 is 5.97 Å². The van der Waals surface area contributed by atoms with E-state index in [1.165, 1.54) is 16.8 Å². The number of fused-ring (bicyclic) bond motifs is 1. The number of aromatic nitrogens is 2. The Bertz CT molecular complexity index is 1180. The number of benzene rings is 2. The molecule has 1 N–H and O–H groups in total. The van der Waals surface area contributed by atoms with Gasteiger partial charge < -0.3 is 10.1 Å². The van der Waals surface area contributed by atoms with Gasteiger partial charge in [-0.15, -0.1) is 0 Å². The molecule has 3 aromatic rings. The van der Waals surface area contributed by atoms with E-state index in [9.17, 15) is 18.8 Å². The third kappa shape index (κ3) is 5.46. The van der Waals surface area contributed by atoms with Crippen LogP contribution < -0.4 is 10.9 Å². The van der Waals surface area contributed by atoms with Crippen molar-refractivity contribution < 1.29 is 18.7 Å². The van der Waals surface area contributed by atoms with E-state index in [1.54, 1.807) is 24.3 Å². The summed E-state index contributed by atoms with van der Waals surface area (Å²) in [5.41, 5.74) is -0.479. The van der Waals surface area contributed by atoms with E-state index in [0.717, 1.165) is 25.3 Å². The Morgan fingerprint density at radius 1 is 1.16 bits per heavy atom. The predicted octanol–water partition coefficient (Wildman–Crippen LogP) is 4.17. The molecule has 0 saturated heterocycles. The standard InChI is InChI=1S/C22H21ClFN3O4/c1-2-3-6-11-27-21(29)16-8-5-4-7-15(16)20(26-27)22(30)31-13-19(28)25-18-12-14(23)9-10-17(18)24/h4-5,7-10,12H,2-3,6,11,13H2,1H3,(H,25,28). The van der Waals surface area contributed by atoms with Crippen molar-refractivity contribution in [3.63, 3.8) is 0 Å². The molecule has 9 heteroatoms. The molecule has 0 aliphatic heterocycles. The van der Waals surface area contributed by atoms with Gasteiger partial charge in [-0.05, 0) is 30.7 Å². The lowest BCUT2D eigenvalue weighted by molar-refractivity contribution is -0.119. The van der Waals surface area contributed by atoms with E-state index in [0.29, 0.717) is 17.3 Å². The lowest BCUT2D eigenvalue weighted by Gasteiger charge is -2.11. The number of aryl methyl sites for hydroxylation is 1. The summed E-state index contributed by atoms with van der Waals surface area (Å²) >= 11 is 5.80. The highest BCUT2D eigenvalue weighted by atomic mass is 35.5. The second-order valence-corrected chi connectivity index (χ2v) is 7.31. The van der Waals surface area contributed by atoms with Gasteiger partial charge in [-0.25, -0.2) is 13.9 Å². The van der Waals surface area contributed by atoms with E-state index in [-0.39, 0.29) is 22.0 Å². The highest BCUT2D eigenvalue weighted by Gasteiger charge is 2.19. The van der Waals surface area contributed by atoms with Crippen molar-refractivity contribution in [2.75, 3.05) is 11.9 Å². The fourth-order valence-corrected chi connectivity index (χ4v) is 3.20. The molecule has 0 aliphatic carbocycles. The molecular weight excluding hydrogens is 425 g/mol. The third-order valence-corrected chi connectivity index (χ3v) is 4.81. The van der Waals surface area contributed by atoms with Crippen LogP contribution in [0.5, 0.6) is 0 Å². The SMILES string of the molecule is CCCCCn1nc(C(=O)OCC(=O)Nc2cc(Cl)ccc2F)c2ccccc2c1=O. The number of nitrogens with zero attached hydrogens (tertiary/aromatic N) is 2. The van der Waals surface area contributed by atoms with E-state index < -0.39 is 24.3 Å². The van der Waals surface area contributed by atoms with Gasteiger partial charge in [0.2, 0.25) is 0 Å². The minimum Gasteiger partial charge on any atom is -0.451 e. The van der Waals surface area contributed by atoms with Crippen molar-refractivity contribution >= 4 is 39.9 Å². The molecule has 2 aromatic carbocycles. The van der Waals surface area contributed by atoms with Gasteiger partial charge in [0, 0.05) is 17.0 Å². The van der Waals surface area contributed by atoms with E-state index in [1.807, 2.05) is 6.92 Å². The van der Waals surface area contributed by atoms with Gasteiger partial charge in [0.15, 0.2) is 12.3 Å². The summed E-state index contributed by atoms with van der Waals surface area (Å²) in [6.45, 7) is 1.75. The molecule has 0 unspecified atom stereocenters. The zero-order valence-electron chi connectivity index (χ0n) is 16.9. The number of carbonyl (C=O) groups is 2. The Kier molecular flexibility index (Phi) is 7.36. The zero-order chi connectivity index (χ0) is 22.4. The lowest BCUT2D eigenvalue weighted by Crippen LogP contribution is -2.28. The highest BCUT2D eigenvalue weighted by molar-refractivity contribution is 6.30. The quantitative estimate of drug-likeness (QED) is 0.415. The van der Waals surface area contributed by atoms with Gasteiger partial charge in [0.1, 0.15) is 5.82 Å². The molecule has 0 bridgehead atoms. The highest BCUT2D eigenvalue weighted by Crippen LogP contribution is 2.19. The average molecular weight is 446 g/mol. The molecular formula is C22H21ClFN3O4. The molecule has 31 heavy (non-hydrogen) atoms. The number of ether oxygens (including phenoxy) is 1. The van der Waals surface area contributed by atoms with Gasteiger partial charge in [-0.1, -0.05) is 49.6 Å². The number of rotatable bonds is 8. The van der Waals surface area contributed by atoms with Crippen LogP contribution in [0.1, 0.15) is 36.7 Å². The van der Waals surface area contributed by atoms with Crippen LogP contribution in [0.3, 0.4) is 0 Å². The van der Waals surface area contributed by atoms with Crippen molar-refractivity contribution in [2.45, 2.75) is 32.7 Å². The van der Waals surface area contributed by atoms with Crippen LogP contribution in [-0.2, 0) is 16.1 Å². The maximum Gasteiger partial charge on any atom is 0.359 e. The number of hydrogen-bond acceptors (Lipinski definition) is 5. The summed E-state index contributed by atoms with van der Waals surface area (Å²) in [7, 11) is 0. The molecule has 1 amide bonds. The molecule has 0 radical (unpaired) electrons. The van der Waals surface area contributed by atoms with Crippen molar-refractivity contribution in [2.24, 2.45) is 0 Å². The monoisotopic (exact) mass is 445 g/mol. The number of hydrogen-bond donors (Lipinski definition) is 1. The number of amides is 1. The molecule has 0 atom stereocenters. The van der Waals surface area contributed by atoms with Crippen molar-refractivity contribution in [3.05, 3.63) is 69.4 Å². The van der Waals surface area contributed by atoms with Gasteiger partial charge in [0.05, 0.1) is 11.1 Å². The van der Waals surface area contributed by atoms with Crippen LogP contribution in [0.15, 0.2) is 47.3 Å². The van der Waals surface area contributed by atoms with Crippen molar-refractivity contribution in [1.82, 2.24) is 9.78 Å². The second kappa shape index (κ2) is 10.2. The van der Waals surface area contributed by atoms with Gasteiger partial charge in [-0.2, -0.15) is 5.10 Å². The van der Waals surface area contributed by atoms with E-state index in [2.05, 4.69) is 10.4 Å². The summed E-state index contributed by atoms with van der Waals surface area (Å²) < 4.78 is 20.1. The van der Waals surface area contributed by atoms with Crippen LogP contribution in [0.2, 0.25) is 5.02 Å². The first kappa shape index (κ1) is 22.4. The molecule has 1 aromatic heterocycles. The summed E-state index contributed by atoms with van der Waals surface area (Å²) in [4.78, 5) is 37.4. The maximum absolute atomic E-state index is 13.8. The molecule has 162 valence electrons. The van der Waals surface area contributed by atoms with Gasteiger partial charge in [0.25, 0.3) is 11.5 Å². The number of esters is 1. The number of anilines is 1. The number of unbranched alkanes of at least 4 members (excludes halogenated alkanes) is 2. The predicted molar refractivity (Wildman–Crippen MR) is 116 cm³/mol. The number of nitrogens with one attached hydrogen (secondary N) is 1. The Morgan fingerprint density at radius 2 is 1.90 bits per heavy atom. The van der Waals surface area contributed by atoms with E-state index >= 15 is 0 Å². The first-order valence-corrected chi connectivity index (χ1v) is 10.2. The Labute approximate surface area is 182 Å². The normalized spacial score (nSPS) is 10.8. The largest absolute Gasteiger partial charge is 0.451 e. The van der Waals surface area contributed by atoms with Crippen LogP contribution in [0.25, 0.3) is 10.8 Å². The minimum absolute atomic E-state index is 0.0616. The fourth-order valence-electron chi connectivity index (χ4n) is 3.03. The summed E-state index contributed by atoms with van der Waals surface area (Å²) in [6, 6.07) is 10.3. The van der Waals surface area contributed by atoms with Gasteiger partial charge in [-0.3, -0.25) is 9.59 Å². The van der Waals surface area contributed by atoms with Crippen LogP contribution in [0.4, 0.5) is 10.1 Å². The molecule has 3 rings (SSSR count). The molecule has 0 saturated carbocycles. The van der Waals surface area contributed by atoms with Crippen LogP contribution in [-0.4, -0.2) is 28.3 Å². The summed E-state index contributed by atoms with van der Waals surface area (Å²) in [5.74, 6) is -2.27. The zero-order valence-corrected chi connectivity index (χ0v) is 17.6. The molecule has 0 aliphatic rings. The smallest absolute Gasteiger partial charge is 0.359 e. The topological polar surface area (TPSA) is 90.3 Å². The fraction of sp³-hybridized carbons (Fsp3) is 0.273. The van der Waals surface area contributed by atoms with Crippen LogP contribution >= 0.6 is 11.6 Å². The molecule has 0 fully saturated rings. The van der Waals surface area contributed by atoms with Crippen LogP contribution in [0, 0.1) is 5.82 Å². The maximum atomic E-state index is 13.8. The second-order valence-electron chi connectivity index (χ2n) is 6.88. The first-order chi connectivity index (χ1) is 14.9. The first-order valence-electron chi connectivity index (χ1n) is 9.82.